The third kappa shape index (κ3) is 3.15. The standard InChI is InChI=1S/C19H19FN4O2/c20-15-4-2-1-3-14(15)16-5-6-17-18(23-16)24(11-12-26-17)19(25)22-13-7-9-21-10-8-13/h1-9,16,21,23H,10-12H2,(H,22,25). The lowest BCUT2D eigenvalue weighted by Gasteiger charge is -2.36. The lowest BCUT2D eigenvalue weighted by molar-refractivity contribution is 0.132. The number of dihydropyridines is 2. The summed E-state index contributed by atoms with van der Waals surface area (Å²) in [7, 11) is 0. The van der Waals surface area contributed by atoms with Crippen molar-refractivity contribution in [2.24, 2.45) is 0 Å². The molecule has 0 saturated heterocycles. The Balaban J connectivity index is 1.55. The van der Waals surface area contributed by atoms with Gasteiger partial charge in [-0.05, 0) is 30.5 Å². The summed E-state index contributed by atoms with van der Waals surface area (Å²) in [6.07, 6.45) is 9.09. The lowest BCUT2D eigenvalue weighted by atomic mass is 10.0. The van der Waals surface area contributed by atoms with Gasteiger partial charge in [-0.25, -0.2) is 9.18 Å². The van der Waals surface area contributed by atoms with Crippen molar-refractivity contribution in [1.29, 1.82) is 0 Å². The van der Waals surface area contributed by atoms with Gasteiger partial charge in [-0.15, -0.1) is 0 Å². The summed E-state index contributed by atoms with van der Waals surface area (Å²) in [6, 6.07) is 5.96. The fourth-order valence-corrected chi connectivity index (χ4v) is 3.06. The highest BCUT2D eigenvalue weighted by Gasteiger charge is 2.30. The monoisotopic (exact) mass is 354 g/mol. The minimum Gasteiger partial charge on any atom is -0.488 e. The Morgan fingerprint density at radius 3 is 3.00 bits per heavy atom. The number of nitrogens with zero attached hydrogens (tertiary/aromatic N) is 1. The summed E-state index contributed by atoms with van der Waals surface area (Å²) in [5, 5.41) is 9.14. The molecule has 134 valence electrons. The zero-order valence-corrected chi connectivity index (χ0v) is 14.0. The van der Waals surface area contributed by atoms with Crippen LogP contribution >= 0.6 is 0 Å². The quantitative estimate of drug-likeness (QED) is 0.762. The van der Waals surface area contributed by atoms with Crippen molar-refractivity contribution in [2.45, 2.75) is 6.04 Å². The molecule has 1 aromatic carbocycles. The van der Waals surface area contributed by atoms with E-state index in [0.717, 1.165) is 5.70 Å². The Morgan fingerprint density at radius 2 is 2.19 bits per heavy atom. The van der Waals surface area contributed by atoms with Crippen molar-refractivity contribution in [1.82, 2.24) is 20.9 Å². The first kappa shape index (κ1) is 16.3. The van der Waals surface area contributed by atoms with Crippen LogP contribution in [0.4, 0.5) is 9.18 Å². The molecule has 1 atom stereocenters. The van der Waals surface area contributed by atoms with Gasteiger partial charge >= 0.3 is 6.03 Å². The second-order valence-electron chi connectivity index (χ2n) is 6.05. The molecule has 3 heterocycles. The summed E-state index contributed by atoms with van der Waals surface area (Å²) < 4.78 is 19.8. The minimum atomic E-state index is -0.370. The highest BCUT2D eigenvalue weighted by atomic mass is 19.1. The van der Waals surface area contributed by atoms with Crippen LogP contribution in [-0.2, 0) is 4.74 Å². The van der Waals surface area contributed by atoms with Crippen LogP contribution in [0.3, 0.4) is 0 Å². The number of nitrogens with one attached hydrogen (secondary N) is 3. The molecule has 4 rings (SSSR count). The molecule has 3 aliphatic rings. The molecular weight excluding hydrogens is 335 g/mol. The van der Waals surface area contributed by atoms with E-state index in [1.165, 1.54) is 6.07 Å². The average molecular weight is 354 g/mol. The van der Waals surface area contributed by atoms with E-state index in [2.05, 4.69) is 16.0 Å². The minimum absolute atomic E-state index is 0.256. The summed E-state index contributed by atoms with van der Waals surface area (Å²) >= 11 is 0. The van der Waals surface area contributed by atoms with Crippen molar-refractivity contribution in [3.8, 4) is 0 Å². The molecule has 3 N–H and O–H groups in total. The van der Waals surface area contributed by atoms with Gasteiger partial charge in [-0.3, -0.25) is 4.90 Å². The van der Waals surface area contributed by atoms with Gasteiger partial charge in [0.1, 0.15) is 12.4 Å². The highest BCUT2D eigenvalue weighted by molar-refractivity contribution is 5.79. The Bertz CT molecular complexity index is 844. The summed E-state index contributed by atoms with van der Waals surface area (Å²) in [5.41, 5.74) is 1.25. The summed E-state index contributed by atoms with van der Waals surface area (Å²) in [4.78, 5) is 14.3. The number of carbonyl (C=O) groups excluding carboxylic acids is 1. The van der Waals surface area contributed by atoms with Crippen LogP contribution in [0.1, 0.15) is 11.6 Å². The molecule has 0 radical (unpaired) electrons. The van der Waals surface area contributed by atoms with Gasteiger partial charge in [0.2, 0.25) is 0 Å². The van der Waals surface area contributed by atoms with Gasteiger partial charge in [-0.1, -0.05) is 24.3 Å². The molecule has 0 aliphatic carbocycles. The second-order valence-corrected chi connectivity index (χ2v) is 6.05. The molecule has 3 aliphatic heterocycles. The molecule has 0 spiro atoms. The molecule has 0 fully saturated rings. The van der Waals surface area contributed by atoms with Crippen molar-refractivity contribution >= 4 is 6.03 Å². The first-order valence-electron chi connectivity index (χ1n) is 8.47. The number of hydrogen-bond donors (Lipinski definition) is 3. The van der Waals surface area contributed by atoms with Crippen LogP contribution in [0.15, 0.2) is 72.0 Å². The predicted molar refractivity (Wildman–Crippen MR) is 94.9 cm³/mol. The fourth-order valence-electron chi connectivity index (χ4n) is 3.06. The van der Waals surface area contributed by atoms with Gasteiger partial charge in [0.05, 0.1) is 12.6 Å². The first-order valence-corrected chi connectivity index (χ1v) is 8.47. The molecule has 0 aromatic heterocycles. The zero-order chi connectivity index (χ0) is 17.9. The van der Waals surface area contributed by atoms with Gasteiger partial charge < -0.3 is 20.7 Å². The van der Waals surface area contributed by atoms with Crippen LogP contribution in [-0.4, -0.2) is 30.6 Å². The number of halogens is 1. The smallest absolute Gasteiger partial charge is 0.327 e. The number of urea groups is 1. The predicted octanol–water partition coefficient (Wildman–Crippen LogP) is 2.24. The van der Waals surface area contributed by atoms with E-state index >= 15 is 0 Å². The van der Waals surface area contributed by atoms with E-state index in [1.807, 2.05) is 12.2 Å². The Hall–Kier alpha value is -3.22. The van der Waals surface area contributed by atoms with Crippen LogP contribution in [0, 0.1) is 5.82 Å². The van der Waals surface area contributed by atoms with Crippen LogP contribution in [0.5, 0.6) is 0 Å². The SMILES string of the molecule is O=C(NC1=CCNC=C1)N1CCOC2=C1NC(c1ccccc1F)C=C2. The Labute approximate surface area is 150 Å². The van der Waals surface area contributed by atoms with Gasteiger partial charge in [0, 0.05) is 17.8 Å². The Kier molecular flexibility index (Phi) is 4.35. The Morgan fingerprint density at radius 1 is 1.31 bits per heavy atom. The van der Waals surface area contributed by atoms with E-state index in [-0.39, 0.29) is 17.9 Å². The van der Waals surface area contributed by atoms with Crippen LogP contribution in [0.2, 0.25) is 0 Å². The summed E-state index contributed by atoms with van der Waals surface area (Å²) in [6.45, 7) is 1.48. The van der Waals surface area contributed by atoms with Crippen LogP contribution < -0.4 is 16.0 Å². The van der Waals surface area contributed by atoms with E-state index in [1.54, 1.807) is 41.5 Å². The number of amides is 2. The van der Waals surface area contributed by atoms with E-state index < -0.39 is 0 Å². The molecule has 0 bridgehead atoms. The van der Waals surface area contributed by atoms with E-state index in [9.17, 15) is 9.18 Å². The molecule has 2 amide bonds. The molecular formula is C19H19FN4O2. The molecule has 6 nitrogen and oxygen atoms in total. The normalized spacial score (nSPS) is 21.2. The van der Waals surface area contributed by atoms with Crippen molar-refractivity contribution < 1.29 is 13.9 Å². The number of benzene rings is 1. The van der Waals surface area contributed by atoms with Gasteiger partial charge in [0.25, 0.3) is 0 Å². The molecule has 26 heavy (non-hydrogen) atoms. The summed E-state index contributed by atoms with van der Waals surface area (Å²) in [5.74, 6) is 0.827. The van der Waals surface area contributed by atoms with Crippen LogP contribution in [0.25, 0.3) is 0 Å². The van der Waals surface area contributed by atoms with Crippen molar-refractivity contribution in [2.75, 3.05) is 19.7 Å². The zero-order valence-electron chi connectivity index (χ0n) is 14.0. The molecule has 0 saturated carbocycles. The van der Waals surface area contributed by atoms with E-state index in [0.29, 0.717) is 36.8 Å². The topological polar surface area (TPSA) is 65.6 Å². The number of ether oxygens (including phenoxy) is 1. The van der Waals surface area contributed by atoms with E-state index in [4.69, 9.17) is 4.74 Å². The first-order chi connectivity index (χ1) is 12.7. The number of carbonyl (C=O) groups is 1. The van der Waals surface area contributed by atoms with Crippen molar-refractivity contribution in [3.05, 3.63) is 83.4 Å². The molecule has 7 heteroatoms. The number of rotatable bonds is 2. The third-order valence-electron chi connectivity index (χ3n) is 4.37. The maximum atomic E-state index is 14.1. The van der Waals surface area contributed by atoms with Gasteiger partial charge in [0.15, 0.2) is 11.6 Å². The highest BCUT2D eigenvalue weighted by Crippen LogP contribution is 2.28. The largest absolute Gasteiger partial charge is 0.488 e. The van der Waals surface area contributed by atoms with Crippen molar-refractivity contribution in [3.63, 3.8) is 0 Å². The molecule has 1 aromatic rings. The third-order valence-corrected chi connectivity index (χ3v) is 4.37. The number of allylic oxidation sites excluding steroid dienone is 2. The maximum absolute atomic E-state index is 14.1. The average Bonchev–Trinajstić information content (AvgIpc) is 2.68. The van der Waals surface area contributed by atoms with Gasteiger partial charge in [-0.2, -0.15) is 0 Å². The second kappa shape index (κ2) is 6.95. The number of hydrogen-bond acceptors (Lipinski definition) is 4. The fraction of sp³-hybridized carbons (Fsp3) is 0.211. The lowest BCUT2D eigenvalue weighted by Crippen LogP contribution is -2.48. The molecule has 1 unspecified atom stereocenters. The maximum Gasteiger partial charge on any atom is 0.327 e.